The van der Waals surface area contributed by atoms with Gasteiger partial charge in [-0.2, -0.15) is 0 Å². The molecule has 1 aliphatic rings. The highest BCUT2D eigenvalue weighted by atomic mass is 16.6. The van der Waals surface area contributed by atoms with Gasteiger partial charge in [-0.1, -0.05) is 0 Å². The standard InChI is InChI=1S/C19H26N2O5/c1-12-10-13(18(24)25)7-8-14(12)17(23)21-9-5-6-15(21)20-11-16(22)26-19(2,3)4/h7-8,10,15,20H,5-6,9,11H2,1-4H3,(H,24,25). The number of nitrogens with zero attached hydrogens (tertiary/aromatic N) is 1. The summed E-state index contributed by atoms with van der Waals surface area (Å²) in [6.45, 7) is 7.76. The molecule has 2 rings (SSSR count). The molecular weight excluding hydrogens is 336 g/mol. The van der Waals surface area contributed by atoms with Crippen LogP contribution in [0, 0.1) is 6.92 Å². The van der Waals surface area contributed by atoms with Crippen molar-refractivity contribution in [1.82, 2.24) is 10.2 Å². The minimum atomic E-state index is -1.02. The highest BCUT2D eigenvalue weighted by molar-refractivity contribution is 5.97. The second-order valence-corrected chi connectivity index (χ2v) is 7.46. The van der Waals surface area contributed by atoms with E-state index in [9.17, 15) is 14.4 Å². The first-order valence-electron chi connectivity index (χ1n) is 8.68. The summed E-state index contributed by atoms with van der Waals surface area (Å²) in [4.78, 5) is 37.5. The normalized spacial score (nSPS) is 17.2. The Labute approximate surface area is 153 Å². The lowest BCUT2D eigenvalue weighted by atomic mass is 10.0. The van der Waals surface area contributed by atoms with E-state index in [1.165, 1.54) is 12.1 Å². The molecule has 0 saturated carbocycles. The van der Waals surface area contributed by atoms with Gasteiger partial charge in [0.25, 0.3) is 5.91 Å². The molecule has 0 radical (unpaired) electrons. The largest absolute Gasteiger partial charge is 0.478 e. The van der Waals surface area contributed by atoms with Gasteiger partial charge in [0, 0.05) is 12.1 Å². The zero-order valence-corrected chi connectivity index (χ0v) is 15.7. The number of nitrogens with one attached hydrogen (secondary N) is 1. The van der Waals surface area contributed by atoms with Crippen LogP contribution < -0.4 is 5.32 Å². The van der Waals surface area contributed by atoms with Crippen molar-refractivity contribution in [2.24, 2.45) is 0 Å². The Hall–Kier alpha value is -2.41. The smallest absolute Gasteiger partial charge is 0.335 e. The fourth-order valence-corrected chi connectivity index (χ4v) is 2.99. The molecule has 0 spiro atoms. The van der Waals surface area contributed by atoms with Crippen molar-refractivity contribution in [2.45, 2.75) is 52.3 Å². The second-order valence-electron chi connectivity index (χ2n) is 7.46. The molecule has 7 nitrogen and oxygen atoms in total. The molecule has 1 atom stereocenters. The number of carbonyl (C=O) groups excluding carboxylic acids is 2. The number of hydrogen-bond donors (Lipinski definition) is 2. The Morgan fingerprint density at radius 3 is 2.58 bits per heavy atom. The Balaban J connectivity index is 2.04. The van der Waals surface area contributed by atoms with Gasteiger partial charge in [0.2, 0.25) is 0 Å². The monoisotopic (exact) mass is 362 g/mol. The highest BCUT2D eigenvalue weighted by Crippen LogP contribution is 2.21. The zero-order valence-electron chi connectivity index (χ0n) is 15.7. The molecule has 1 amide bonds. The number of hydrogen-bond acceptors (Lipinski definition) is 5. The molecule has 0 aromatic heterocycles. The van der Waals surface area contributed by atoms with Gasteiger partial charge in [-0.15, -0.1) is 0 Å². The molecule has 0 bridgehead atoms. The predicted octanol–water partition coefficient (Wildman–Crippen LogP) is 2.19. The Kier molecular flexibility index (Phi) is 6.02. The first kappa shape index (κ1) is 19.9. The molecule has 1 aromatic carbocycles. The van der Waals surface area contributed by atoms with Crippen LogP contribution in [0.4, 0.5) is 0 Å². The van der Waals surface area contributed by atoms with E-state index in [0.717, 1.165) is 12.8 Å². The van der Waals surface area contributed by atoms with E-state index in [1.54, 1.807) is 38.7 Å². The molecule has 1 unspecified atom stereocenters. The van der Waals surface area contributed by atoms with Gasteiger partial charge >= 0.3 is 11.9 Å². The number of carbonyl (C=O) groups is 3. The van der Waals surface area contributed by atoms with Gasteiger partial charge in [0.1, 0.15) is 5.60 Å². The Morgan fingerprint density at radius 1 is 1.31 bits per heavy atom. The average Bonchev–Trinajstić information content (AvgIpc) is 2.99. The number of esters is 1. The molecule has 1 heterocycles. The SMILES string of the molecule is Cc1cc(C(=O)O)ccc1C(=O)N1CCCC1NCC(=O)OC(C)(C)C. The molecular formula is C19H26N2O5. The van der Waals surface area contributed by atoms with Crippen LogP contribution in [0.15, 0.2) is 18.2 Å². The number of likely N-dealkylation sites (tertiary alicyclic amines) is 1. The van der Waals surface area contributed by atoms with E-state index in [0.29, 0.717) is 17.7 Å². The summed E-state index contributed by atoms with van der Waals surface area (Å²) in [5.41, 5.74) is 0.696. The number of carboxylic acid groups (broad SMARTS) is 1. The molecule has 2 N–H and O–H groups in total. The third kappa shape index (κ3) is 5.05. The molecule has 7 heteroatoms. The highest BCUT2D eigenvalue weighted by Gasteiger charge is 2.30. The maximum absolute atomic E-state index is 12.9. The van der Waals surface area contributed by atoms with Crippen molar-refractivity contribution in [2.75, 3.05) is 13.1 Å². The van der Waals surface area contributed by atoms with Gasteiger partial charge in [0.05, 0.1) is 18.3 Å². The molecule has 142 valence electrons. The second kappa shape index (κ2) is 7.86. The van der Waals surface area contributed by atoms with E-state index in [-0.39, 0.29) is 30.2 Å². The summed E-state index contributed by atoms with van der Waals surface area (Å²) < 4.78 is 5.27. The Bertz CT molecular complexity index is 708. The van der Waals surface area contributed by atoms with E-state index in [1.807, 2.05) is 0 Å². The molecule has 0 aliphatic carbocycles. The lowest BCUT2D eigenvalue weighted by Crippen LogP contribution is -2.47. The van der Waals surface area contributed by atoms with Gasteiger partial charge in [-0.05, 0) is 64.3 Å². The first-order valence-corrected chi connectivity index (χ1v) is 8.68. The fourth-order valence-electron chi connectivity index (χ4n) is 2.99. The maximum atomic E-state index is 12.9. The van der Waals surface area contributed by atoms with Crippen LogP contribution in [0.5, 0.6) is 0 Å². The van der Waals surface area contributed by atoms with Crippen molar-refractivity contribution >= 4 is 17.8 Å². The average molecular weight is 362 g/mol. The van der Waals surface area contributed by atoms with Crippen molar-refractivity contribution in [3.05, 3.63) is 34.9 Å². The zero-order chi connectivity index (χ0) is 19.5. The van der Waals surface area contributed by atoms with E-state index >= 15 is 0 Å². The molecule has 1 aliphatic heterocycles. The summed E-state index contributed by atoms with van der Waals surface area (Å²) >= 11 is 0. The van der Waals surface area contributed by atoms with Crippen LogP contribution in [-0.4, -0.2) is 52.7 Å². The lowest BCUT2D eigenvalue weighted by molar-refractivity contribution is -0.153. The third-order valence-electron chi connectivity index (χ3n) is 4.12. The minimum Gasteiger partial charge on any atom is -0.478 e. The number of aromatic carboxylic acids is 1. The number of carboxylic acids is 1. The molecule has 1 saturated heterocycles. The van der Waals surface area contributed by atoms with E-state index in [2.05, 4.69) is 5.32 Å². The van der Waals surface area contributed by atoms with E-state index in [4.69, 9.17) is 9.84 Å². The van der Waals surface area contributed by atoms with Gasteiger partial charge in [0.15, 0.2) is 0 Å². The van der Waals surface area contributed by atoms with Gasteiger partial charge in [-0.3, -0.25) is 14.9 Å². The summed E-state index contributed by atoms with van der Waals surface area (Å²) in [7, 11) is 0. The molecule has 1 fully saturated rings. The van der Waals surface area contributed by atoms with Crippen molar-refractivity contribution in [1.29, 1.82) is 0 Å². The fraction of sp³-hybridized carbons (Fsp3) is 0.526. The summed E-state index contributed by atoms with van der Waals surface area (Å²) in [5, 5.41) is 12.1. The molecule has 26 heavy (non-hydrogen) atoms. The summed E-state index contributed by atoms with van der Waals surface area (Å²) in [5.74, 6) is -1.55. The topological polar surface area (TPSA) is 95.9 Å². The maximum Gasteiger partial charge on any atom is 0.335 e. The summed E-state index contributed by atoms with van der Waals surface area (Å²) in [6.07, 6.45) is 1.35. The minimum absolute atomic E-state index is 0.0304. The van der Waals surface area contributed by atoms with E-state index < -0.39 is 11.6 Å². The number of rotatable bonds is 5. The Morgan fingerprint density at radius 2 is 2.00 bits per heavy atom. The van der Waals surface area contributed by atoms with Crippen LogP contribution >= 0.6 is 0 Å². The predicted molar refractivity (Wildman–Crippen MR) is 96.0 cm³/mol. The van der Waals surface area contributed by atoms with Crippen LogP contribution in [0.3, 0.4) is 0 Å². The number of aryl methyl sites for hydroxylation is 1. The third-order valence-corrected chi connectivity index (χ3v) is 4.12. The van der Waals surface area contributed by atoms with Crippen molar-refractivity contribution in [3.8, 4) is 0 Å². The van der Waals surface area contributed by atoms with Crippen molar-refractivity contribution < 1.29 is 24.2 Å². The van der Waals surface area contributed by atoms with Gasteiger partial charge < -0.3 is 14.7 Å². The first-order chi connectivity index (χ1) is 12.1. The van der Waals surface area contributed by atoms with Gasteiger partial charge in [-0.25, -0.2) is 4.79 Å². The number of benzene rings is 1. The quantitative estimate of drug-likeness (QED) is 0.780. The number of ether oxygens (including phenoxy) is 1. The molecule has 1 aromatic rings. The van der Waals surface area contributed by atoms with Crippen LogP contribution in [-0.2, 0) is 9.53 Å². The summed E-state index contributed by atoms with van der Waals surface area (Å²) in [6, 6.07) is 4.47. The number of amides is 1. The lowest BCUT2D eigenvalue weighted by Gasteiger charge is -2.27. The van der Waals surface area contributed by atoms with Crippen molar-refractivity contribution in [3.63, 3.8) is 0 Å². The van der Waals surface area contributed by atoms with Crippen LogP contribution in [0.2, 0.25) is 0 Å². The van der Waals surface area contributed by atoms with Crippen LogP contribution in [0.25, 0.3) is 0 Å². The van der Waals surface area contributed by atoms with Crippen LogP contribution in [0.1, 0.15) is 59.9 Å².